The van der Waals surface area contributed by atoms with Crippen LogP contribution in [0.1, 0.15) is 13.8 Å². The van der Waals surface area contributed by atoms with Crippen molar-refractivity contribution in [2.24, 2.45) is 5.92 Å². The number of hydrogen-bond donors (Lipinski definition) is 2. The second-order valence-electron chi connectivity index (χ2n) is 4.50. The van der Waals surface area contributed by atoms with E-state index in [-0.39, 0.29) is 12.5 Å². The largest absolute Gasteiger partial charge is 0.389 e. The van der Waals surface area contributed by atoms with Crippen molar-refractivity contribution in [1.29, 1.82) is 0 Å². The van der Waals surface area contributed by atoms with E-state index in [1.165, 1.54) is 4.90 Å². The Morgan fingerprint density at radius 3 is 2.50 bits per heavy atom. The zero-order valence-electron chi connectivity index (χ0n) is 10.7. The molecule has 0 aliphatic rings. The van der Waals surface area contributed by atoms with Crippen LogP contribution in [0.4, 0.5) is 0 Å². The predicted molar refractivity (Wildman–Crippen MR) is 63.2 cm³/mol. The quantitative estimate of drug-likeness (QED) is 0.603. The summed E-state index contributed by atoms with van der Waals surface area (Å²) in [5.74, 6) is 0.464. The van der Waals surface area contributed by atoms with E-state index in [0.717, 1.165) is 0 Å². The Labute approximate surface area is 97.8 Å². The molecule has 96 valence electrons. The molecule has 0 aromatic carbocycles. The molecule has 5 nitrogen and oxygen atoms in total. The summed E-state index contributed by atoms with van der Waals surface area (Å²) in [5, 5.41) is 12.4. The summed E-state index contributed by atoms with van der Waals surface area (Å²) in [5.41, 5.74) is 0. The summed E-state index contributed by atoms with van der Waals surface area (Å²) < 4.78 is 5.28. The van der Waals surface area contributed by atoms with Crippen LogP contribution in [0.3, 0.4) is 0 Å². The first-order chi connectivity index (χ1) is 7.43. The van der Waals surface area contributed by atoms with Crippen molar-refractivity contribution in [3.63, 3.8) is 0 Å². The van der Waals surface area contributed by atoms with Crippen molar-refractivity contribution in [2.45, 2.75) is 20.0 Å². The molecule has 5 heteroatoms. The fourth-order valence-electron chi connectivity index (χ4n) is 1.00. The molecule has 0 bridgehead atoms. The highest BCUT2D eigenvalue weighted by Gasteiger charge is 2.07. The maximum absolute atomic E-state index is 11.2. The molecule has 1 unspecified atom stereocenters. The van der Waals surface area contributed by atoms with Gasteiger partial charge in [0.25, 0.3) is 0 Å². The summed E-state index contributed by atoms with van der Waals surface area (Å²) in [6.07, 6.45) is -0.561. The molecule has 0 saturated heterocycles. The lowest BCUT2D eigenvalue weighted by molar-refractivity contribution is -0.127. The fourth-order valence-corrected chi connectivity index (χ4v) is 1.00. The standard InChI is InChI=1S/C11H24N2O3/c1-9(2)7-16-8-10(14)5-12-6-11(15)13(3)4/h9-10,12,14H,5-8H2,1-4H3. The Balaban J connectivity index is 3.43. The Morgan fingerprint density at radius 1 is 1.38 bits per heavy atom. The van der Waals surface area contributed by atoms with E-state index in [1.54, 1.807) is 14.1 Å². The van der Waals surface area contributed by atoms with E-state index in [1.807, 2.05) is 0 Å². The normalized spacial score (nSPS) is 12.9. The number of aliphatic hydroxyl groups excluding tert-OH is 1. The number of ether oxygens (including phenoxy) is 1. The molecule has 1 amide bonds. The molecule has 0 radical (unpaired) electrons. The van der Waals surface area contributed by atoms with E-state index in [9.17, 15) is 9.90 Å². The number of carbonyl (C=O) groups is 1. The van der Waals surface area contributed by atoms with Gasteiger partial charge in [-0.25, -0.2) is 0 Å². The number of nitrogens with one attached hydrogen (secondary N) is 1. The zero-order valence-corrected chi connectivity index (χ0v) is 10.7. The molecule has 0 aliphatic heterocycles. The molecule has 0 aromatic heterocycles. The van der Waals surface area contributed by atoms with E-state index >= 15 is 0 Å². The maximum atomic E-state index is 11.2. The van der Waals surface area contributed by atoms with Gasteiger partial charge in [-0.3, -0.25) is 4.79 Å². The Hall–Kier alpha value is -0.650. The molecule has 0 aromatic rings. The van der Waals surface area contributed by atoms with Crippen LogP contribution in [0.15, 0.2) is 0 Å². The van der Waals surface area contributed by atoms with Crippen molar-refractivity contribution in [3.8, 4) is 0 Å². The van der Waals surface area contributed by atoms with Gasteiger partial charge < -0.3 is 20.1 Å². The second-order valence-corrected chi connectivity index (χ2v) is 4.50. The van der Waals surface area contributed by atoms with Gasteiger partial charge in [-0.05, 0) is 5.92 Å². The number of hydrogen-bond acceptors (Lipinski definition) is 4. The third kappa shape index (κ3) is 8.64. The lowest BCUT2D eigenvalue weighted by Crippen LogP contribution is -2.38. The Morgan fingerprint density at radius 2 is 2.00 bits per heavy atom. The second kappa shape index (κ2) is 8.50. The van der Waals surface area contributed by atoms with Gasteiger partial charge in [0.05, 0.1) is 19.3 Å². The highest BCUT2D eigenvalue weighted by molar-refractivity contribution is 5.77. The highest BCUT2D eigenvalue weighted by atomic mass is 16.5. The summed E-state index contributed by atoms with van der Waals surface area (Å²) in [6, 6.07) is 0. The number of rotatable bonds is 8. The fraction of sp³-hybridized carbons (Fsp3) is 0.909. The van der Waals surface area contributed by atoms with Gasteiger partial charge >= 0.3 is 0 Å². The van der Waals surface area contributed by atoms with Crippen LogP contribution in [0.5, 0.6) is 0 Å². The van der Waals surface area contributed by atoms with Gasteiger partial charge in [-0.1, -0.05) is 13.8 Å². The lowest BCUT2D eigenvalue weighted by Gasteiger charge is -2.14. The average molecular weight is 232 g/mol. The Kier molecular flexibility index (Phi) is 8.15. The molecule has 2 N–H and O–H groups in total. The first-order valence-electron chi connectivity index (χ1n) is 5.60. The number of likely N-dealkylation sites (N-methyl/N-ethyl adjacent to an activating group) is 1. The summed E-state index contributed by atoms with van der Waals surface area (Å²) >= 11 is 0. The van der Waals surface area contributed by atoms with Gasteiger partial charge in [0.2, 0.25) is 5.91 Å². The summed E-state index contributed by atoms with van der Waals surface area (Å²) in [7, 11) is 3.40. The third-order valence-corrected chi connectivity index (χ3v) is 1.92. The SMILES string of the molecule is CC(C)COCC(O)CNCC(=O)N(C)C. The van der Waals surface area contributed by atoms with E-state index in [0.29, 0.717) is 25.7 Å². The predicted octanol–water partition coefficient (Wildman–Crippen LogP) is -0.302. The molecule has 0 rings (SSSR count). The van der Waals surface area contributed by atoms with Crippen LogP contribution in [0.2, 0.25) is 0 Å². The first-order valence-corrected chi connectivity index (χ1v) is 5.60. The summed E-state index contributed by atoms with van der Waals surface area (Å²) in [4.78, 5) is 12.7. The zero-order chi connectivity index (χ0) is 12.6. The number of amides is 1. The summed E-state index contributed by atoms with van der Waals surface area (Å²) in [6.45, 7) is 5.68. The molecule has 0 saturated carbocycles. The van der Waals surface area contributed by atoms with Crippen LogP contribution in [-0.4, -0.2) is 62.4 Å². The van der Waals surface area contributed by atoms with Crippen molar-refractivity contribution < 1.29 is 14.6 Å². The molecule has 0 aliphatic carbocycles. The van der Waals surface area contributed by atoms with E-state index < -0.39 is 6.10 Å². The van der Waals surface area contributed by atoms with Crippen molar-refractivity contribution >= 4 is 5.91 Å². The smallest absolute Gasteiger partial charge is 0.236 e. The molecule has 0 fully saturated rings. The molecule has 0 spiro atoms. The van der Waals surface area contributed by atoms with Crippen LogP contribution < -0.4 is 5.32 Å². The van der Waals surface area contributed by atoms with Crippen molar-refractivity contribution in [1.82, 2.24) is 10.2 Å². The Bertz CT molecular complexity index is 196. The van der Waals surface area contributed by atoms with Crippen molar-refractivity contribution in [2.75, 3.05) is 40.4 Å². The van der Waals surface area contributed by atoms with Crippen LogP contribution in [0, 0.1) is 5.92 Å². The maximum Gasteiger partial charge on any atom is 0.236 e. The van der Waals surface area contributed by atoms with Gasteiger partial charge in [0.15, 0.2) is 0 Å². The van der Waals surface area contributed by atoms with E-state index in [2.05, 4.69) is 19.2 Å². The molecule has 0 heterocycles. The van der Waals surface area contributed by atoms with Crippen LogP contribution in [-0.2, 0) is 9.53 Å². The minimum Gasteiger partial charge on any atom is -0.389 e. The van der Waals surface area contributed by atoms with Crippen LogP contribution in [0.25, 0.3) is 0 Å². The topological polar surface area (TPSA) is 61.8 Å². The van der Waals surface area contributed by atoms with Gasteiger partial charge in [0, 0.05) is 27.2 Å². The van der Waals surface area contributed by atoms with Gasteiger partial charge in [0.1, 0.15) is 0 Å². The van der Waals surface area contributed by atoms with E-state index in [4.69, 9.17) is 4.74 Å². The molecular formula is C11H24N2O3. The number of nitrogens with zero attached hydrogens (tertiary/aromatic N) is 1. The van der Waals surface area contributed by atoms with Crippen molar-refractivity contribution in [3.05, 3.63) is 0 Å². The number of aliphatic hydroxyl groups is 1. The molecule has 16 heavy (non-hydrogen) atoms. The third-order valence-electron chi connectivity index (χ3n) is 1.92. The molecule has 1 atom stereocenters. The minimum absolute atomic E-state index is 0.00435. The average Bonchev–Trinajstić information content (AvgIpc) is 2.16. The van der Waals surface area contributed by atoms with Crippen LogP contribution >= 0.6 is 0 Å². The van der Waals surface area contributed by atoms with Gasteiger partial charge in [-0.2, -0.15) is 0 Å². The monoisotopic (exact) mass is 232 g/mol. The van der Waals surface area contributed by atoms with Gasteiger partial charge in [-0.15, -0.1) is 0 Å². The molecular weight excluding hydrogens is 208 g/mol. The number of carbonyl (C=O) groups excluding carboxylic acids is 1. The lowest BCUT2D eigenvalue weighted by atomic mass is 10.2. The highest BCUT2D eigenvalue weighted by Crippen LogP contribution is 1.93. The minimum atomic E-state index is -0.561. The first kappa shape index (κ1) is 15.3.